The van der Waals surface area contributed by atoms with Gasteiger partial charge in [-0.1, -0.05) is 13.8 Å². The highest BCUT2D eigenvalue weighted by molar-refractivity contribution is 5.79. The zero-order valence-electron chi connectivity index (χ0n) is 15.2. The molecule has 0 bridgehead atoms. The molecule has 0 aliphatic heterocycles. The van der Waals surface area contributed by atoms with Gasteiger partial charge in [-0.25, -0.2) is 0 Å². The second kappa shape index (κ2) is 5.31. The zero-order chi connectivity index (χ0) is 16.4. The van der Waals surface area contributed by atoms with Gasteiger partial charge < -0.3 is 5.11 Å². The Balaban J connectivity index is 1.61. The van der Waals surface area contributed by atoms with Crippen LogP contribution in [-0.4, -0.2) is 17.0 Å². The molecular weight excluding hydrogens is 284 g/mol. The van der Waals surface area contributed by atoms with Gasteiger partial charge in [0.1, 0.15) is 5.78 Å². The van der Waals surface area contributed by atoms with Crippen molar-refractivity contribution in [2.45, 2.75) is 84.7 Å². The molecule has 4 rings (SSSR count). The molecule has 0 heterocycles. The number of hydrogen-bond donors (Lipinski definition) is 1. The third-order valence-corrected chi connectivity index (χ3v) is 9.13. The minimum absolute atomic E-state index is 0.0490. The van der Waals surface area contributed by atoms with E-state index in [2.05, 4.69) is 13.8 Å². The lowest BCUT2D eigenvalue weighted by Crippen LogP contribution is -2.54. The summed E-state index contributed by atoms with van der Waals surface area (Å²) in [5.41, 5.74) is 0.738. The average molecular weight is 319 g/mol. The molecule has 0 saturated heterocycles. The Morgan fingerprint density at radius 2 is 1.61 bits per heavy atom. The Morgan fingerprint density at radius 3 is 2.35 bits per heavy atom. The first-order valence-corrected chi connectivity index (χ1v) is 10.0. The standard InChI is InChI=1S/C21H34O2/c1-13(22)17-6-7-18-16-5-4-14-12-15(23)8-10-20(14,2)19(16)9-11-21(17,18)3/h14-19,23H,4-12H2,1-3H3/t14-,15-,16+,17?,18+,19+,20?,21?/m1/s1. The Hall–Kier alpha value is -0.370. The van der Waals surface area contributed by atoms with Crippen molar-refractivity contribution >= 4 is 5.78 Å². The van der Waals surface area contributed by atoms with Crippen LogP contribution in [0.25, 0.3) is 0 Å². The van der Waals surface area contributed by atoms with Crippen molar-refractivity contribution in [3.8, 4) is 0 Å². The van der Waals surface area contributed by atoms with Crippen molar-refractivity contribution in [2.75, 3.05) is 0 Å². The maximum Gasteiger partial charge on any atom is 0.133 e. The highest BCUT2D eigenvalue weighted by Gasteiger charge is 2.60. The Labute approximate surface area is 141 Å². The monoisotopic (exact) mass is 318 g/mol. The Bertz CT molecular complexity index is 500. The van der Waals surface area contributed by atoms with Crippen molar-refractivity contribution in [1.82, 2.24) is 0 Å². The van der Waals surface area contributed by atoms with Crippen molar-refractivity contribution in [3.05, 3.63) is 0 Å². The van der Waals surface area contributed by atoms with Crippen LogP contribution in [0, 0.1) is 40.4 Å². The van der Waals surface area contributed by atoms with Crippen LogP contribution in [0.5, 0.6) is 0 Å². The normalized spacial score (nSPS) is 55.7. The van der Waals surface area contributed by atoms with E-state index in [1.807, 2.05) is 6.92 Å². The summed E-state index contributed by atoms with van der Waals surface area (Å²) in [6, 6.07) is 0. The van der Waals surface area contributed by atoms with Crippen LogP contribution >= 0.6 is 0 Å². The van der Waals surface area contributed by atoms with Crippen LogP contribution < -0.4 is 0 Å². The molecule has 23 heavy (non-hydrogen) atoms. The molecule has 0 radical (unpaired) electrons. The molecule has 2 nitrogen and oxygen atoms in total. The molecule has 8 atom stereocenters. The number of aliphatic hydroxyl groups excluding tert-OH is 1. The molecule has 4 aliphatic rings. The summed E-state index contributed by atoms with van der Waals surface area (Å²) < 4.78 is 0. The summed E-state index contributed by atoms with van der Waals surface area (Å²) >= 11 is 0. The molecule has 3 unspecified atom stereocenters. The van der Waals surface area contributed by atoms with Gasteiger partial charge >= 0.3 is 0 Å². The van der Waals surface area contributed by atoms with Gasteiger partial charge in [0.05, 0.1) is 6.10 Å². The van der Waals surface area contributed by atoms with Crippen LogP contribution in [0.4, 0.5) is 0 Å². The van der Waals surface area contributed by atoms with Crippen molar-refractivity contribution in [1.29, 1.82) is 0 Å². The van der Waals surface area contributed by atoms with Crippen molar-refractivity contribution < 1.29 is 9.90 Å². The molecule has 2 heteroatoms. The fourth-order valence-electron chi connectivity index (χ4n) is 7.90. The number of aliphatic hydroxyl groups is 1. The molecule has 0 aromatic rings. The molecule has 0 aromatic carbocycles. The Kier molecular flexibility index (Phi) is 3.72. The van der Waals surface area contributed by atoms with Gasteiger partial charge in [0, 0.05) is 5.92 Å². The lowest BCUT2D eigenvalue weighted by atomic mass is 9.44. The van der Waals surface area contributed by atoms with Crippen LogP contribution in [0.15, 0.2) is 0 Å². The van der Waals surface area contributed by atoms with E-state index >= 15 is 0 Å². The molecule has 0 aromatic heterocycles. The zero-order valence-corrected chi connectivity index (χ0v) is 15.2. The molecule has 1 N–H and O–H groups in total. The van der Waals surface area contributed by atoms with Gasteiger partial charge in [-0.2, -0.15) is 0 Å². The van der Waals surface area contributed by atoms with Crippen LogP contribution in [0.1, 0.15) is 78.6 Å². The van der Waals surface area contributed by atoms with E-state index in [1.165, 1.54) is 38.5 Å². The SMILES string of the molecule is CC(=O)C1CC[C@H]2[C@@H]3CC[C@@H]4C[C@H](O)CCC4(C)[C@H]3CCC12C. The summed E-state index contributed by atoms with van der Waals surface area (Å²) in [6.45, 7) is 6.80. The predicted octanol–water partition coefficient (Wildman–Crippen LogP) is 4.60. The van der Waals surface area contributed by atoms with Gasteiger partial charge in [0.15, 0.2) is 0 Å². The second-order valence-electron chi connectivity index (χ2n) is 9.87. The summed E-state index contributed by atoms with van der Waals surface area (Å²) in [7, 11) is 0. The summed E-state index contributed by atoms with van der Waals surface area (Å²) in [5, 5.41) is 10.1. The van der Waals surface area contributed by atoms with Crippen molar-refractivity contribution in [2.24, 2.45) is 40.4 Å². The topological polar surface area (TPSA) is 37.3 Å². The fraction of sp³-hybridized carbons (Fsp3) is 0.952. The average Bonchev–Trinajstić information content (AvgIpc) is 2.85. The van der Waals surface area contributed by atoms with Gasteiger partial charge in [-0.15, -0.1) is 0 Å². The molecule has 4 fully saturated rings. The second-order valence-corrected chi connectivity index (χ2v) is 9.87. The number of hydrogen-bond acceptors (Lipinski definition) is 2. The molecule has 0 amide bonds. The van der Waals surface area contributed by atoms with E-state index < -0.39 is 0 Å². The highest BCUT2D eigenvalue weighted by Crippen LogP contribution is 2.67. The fourth-order valence-corrected chi connectivity index (χ4v) is 7.90. The van der Waals surface area contributed by atoms with E-state index in [-0.39, 0.29) is 11.5 Å². The lowest BCUT2D eigenvalue weighted by molar-refractivity contribution is -0.138. The van der Waals surface area contributed by atoms with E-state index in [0.717, 1.165) is 42.9 Å². The van der Waals surface area contributed by atoms with E-state index in [1.54, 1.807) is 0 Å². The molecule has 4 saturated carbocycles. The van der Waals surface area contributed by atoms with Crippen molar-refractivity contribution in [3.63, 3.8) is 0 Å². The van der Waals surface area contributed by atoms with Gasteiger partial charge in [0.2, 0.25) is 0 Å². The first-order chi connectivity index (χ1) is 10.9. The number of ketones is 1. The third kappa shape index (κ3) is 2.19. The van der Waals surface area contributed by atoms with Crippen LogP contribution in [-0.2, 0) is 4.79 Å². The molecule has 0 spiro atoms. The smallest absolute Gasteiger partial charge is 0.133 e. The van der Waals surface area contributed by atoms with Gasteiger partial charge in [0.25, 0.3) is 0 Å². The predicted molar refractivity (Wildman–Crippen MR) is 91.9 cm³/mol. The summed E-state index contributed by atoms with van der Waals surface area (Å²) in [5.74, 6) is 3.97. The third-order valence-electron chi connectivity index (χ3n) is 9.13. The minimum atomic E-state index is -0.0490. The van der Waals surface area contributed by atoms with E-state index in [0.29, 0.717) is 17.1 Å². The van der Waals surface area contributed by atoms with E-state index in [9.17, 15) is 9.90 Å². The quantitative estimate of drug-likeness (QED) is 0.767. The molecule has 130 valence electrons. The minimum Gasteiger partial charge on any atom is -0.393 e. The summed E-state index contributed by atoms with van der Waals surface area (Å²) in [6.07, 6.45) is 10.9. The van der Waals surface area contributed by atoms with Crippen LogP contribution in [0.3, 0.4) is 0 Å². The molecule has 4 aliphatic carbocycles. The largest absolute Gasteiger partial charge is 0.393 e. The van der Waals surface area contributed by atoms with Crippen LogP contribution in [0.2, 0.25) is 0 Å². The first kappa shape index (κ1) is 16.1. The Morgan fingerprint density at radius 1 is 0.913 bits per heavy atom. The first-order valence-electron chi connectivity index (χ1n) is 10.0. The molecular formula is C21H34O2. The number of fused-ring (bicyclic) bond motifs is 5. The highest BCUT2D eigenvalue weighted by atomic mass is 16.3. The maximum atomic E-state index is 12.2. The number of rotatable bonds is 1. The van der Waals surface area contributed by atoms with Gasteiger partial charge in [-0.3, -0.25) is 4.79 Å². The number of carbonyl (C=O) groups is 1. The summed E-state index contributed by atoms with van der Waals surface area (Å²) in [4.78, 5) is 12.2. The number of Topliss-reactive ketones (excluding diaryl/α,β-unsaturated/α-hetero) is 1. The van der Waals surface area contributed by atoms with Gasteiger partial charge in [-0.05, 0) is 99.2 Å². The van der Waals surface area contributed by atoms with E-state index in [4.69, 9.17) is 0 Å². The maximum absolute atomic E-state index is 12.2. The number of carbonyl (C=O) groups excluding carboxylic acids is 1. The lowest BCUT2D eigenvalue weighted by Gasteiger charge is -2.60.